The number of methoxy groups -OCH3 is 1. The van der Waals surface area contributed by atoms with Gasteiger partial charge in [0.2, 0.25) is 0 Å². The van der Waals surface area contributed by atoms with Crippen LogP contribution in [0.1, 0.15) is 10.4 Å². The summed E-state index contributed by atoms with van der Waals surface area (Å²) in [5.74, 6) is 0.587. The van der Waals surface area contributed by atoms with E-state index in [1.54, 1.807) is 13.3 Å². The average Bonchev–Trinajstić information content (AvgIpc) is 2.54. The Kier molecular flexibility index (Phi) is 3.98. The first-order chi connectivity index (χ1) is 10.3. The van der Waals surface area contributed by atoms with Crippen LogP contribution >= 0.6 is 0 Å². The Hall–Kier alpha value is -2.18. The maximum atomic E-state index is 12.2. The molecular weight excluding hydrogens is 270 g/mol. The number of hydrogen-bond acceptors (Lipinski definition) is 5. The number of aromatic nitrogens is 1. The van der Waals surface area contributed by atoms with Gasteiger partial charge in [-0.3, -0.25) is 15.2 Å². The van der Waals surface area contributed by atoms with Crippen molar-refractivity contribution in [2.45, 2.75) is 0 Å². The van der Waals surface area contributed by atoms with Crippen molar-refractivity contribution in [3.05, 3.63) is 36.0 Å². The quantitative estimate of drug-likeness (QED) is 0.919. The first kappa shape index (κ1) is 13.8. The van der Waals surface area contributed by atoms with Gasteiger partial charge in [0.05, 0.1) is 31.4 Å². The molecule has 1 saturated heterocycles. The number of rotatable bonds is 3. The Labute approximate surface area is 122 Å². The van der Waals surface area contributed by atoms with Gasteiger partial charge in [0.15, 0.2) is 0 Å². The number of morpholine rings is 1. The molecule has 1 fully saturated rings. The van der Waals surface area contributed by atoms with E-state index in [2.05, 4.69) is 10.4 Å². The van der Waals surface area contributed by atoms with Gasteiger partial charge in [0, 0.05) is 24.7 Å². The monoisotopic (exact) mass is 287 g/mol. The van der Waals surface area contributed by atoms with Gasteiger partial charge in [-0.25, -0.2) is 5.01 Å². The van der Waals surface area contributed by atoms with Gasteiger partial charge in [-0.2, -0.15) is 0 Å². The van der Waals surface area contributed by atoms with Crippen LogP contribution in [0.5, 0.6) is 5.75 Å². The van der Waals surface area contributed by atoms with Crippen LogP contribution in [-0.2, 0) is 4.74 Å². The minimum absolute atomic E-state index is 0.158. The third-order valence-corrected chi connectivity index (χ3v) is 3.42. The highest BCUT2D eigenvalue weighted by atomic mass is 16.5. The number of benzene rings is 1. The van der Waals surface area contributed by atoms with Gasteiger partial charge < -0.3 is 9.47 Å². The molecule has 21 heavy (non-hydrogen) atoms. The van der Waals surface area contributed by atoms with Crippen LogP contribution in [0.25, 0.3) is 10.9 Å². The summed E-state index contributed by atoms with van der Waals surface area (Å²) in [6.45, 7) is 2.65. The van der Waals surface area contributed by atoms with Gasteiger partial charge in [-0.15, -0.1) is 0 Å². The van der Waals surface area contributed by atoms with E-state index in [0.29, 0.717) is 31.9 Å². The molecule has 0 bridgehead atoms. The molecule has 1 aromatic carbocycles. The van der Waals surface area contributed by atoms with Crippen LogP contribution in [0.3, 0.4) is 0 Å². The van der Waals surface area contributed by atoms with Gasteiger partial charge in [-0.1, -0.05) is 0 Å². The summed E-state index contributed by atoms with van der Waals surface area (Å²) in [5.41, 5.74) is 4.23. The maximum absolute atomic E-state index is 12.2. The predicted molar refractivity (Wildman–Crippen MR) is 78.2 cm³/mol. The highest BCUT2D eigenvalue weighted by Gasteiger charge is 2.15. The van der Waals surface area contributed by atoms with E-state index < -0.39 is 0 Å². The number of nitrogens with zero attached hydrogens (tertiary/aromatic N) is 2. The molecular formula is C15H17N3O3. The molecule has 1 amide bonds. The van der Waals surface area contributed by atoms with E-state index >= 15 is 0 Å². The van der Waals surface area contributed by atoms with Crippen LogP contribution in [0.2, 0.25) is 0 Å². The molecule has 6 heteroatoms. The van der Waals surface area contributed by atoms with E-state index in [4.69, 9.17) is 9.47 Å². The summed E-state index contributed by atoms with van der Waals surface area (Å²) in [4.78, 5) is 16.6. The van der Waals surface area contributed by atoms with Gasteiger partial charge in [0.25, 0.3) is 5.91 Å². The zero-order chi connectivity index (χ0) is 14.7. The highest BCUT2D eigenvalue weighted by Crippen LogP contribution is 2.20. The highest BCUT2D eigenvalue weighted by molar-refractivity contribution is 5.97. The molecule has 0 atom stereocenters. The second-order valence-electron chi connectivity index (χ2n) is 4.82. The standard InChI is InChI=1S/C15H17N3O3/c1-20-13-2-3-14-11(9-13)8-12(10-16-14)15(19)17-18-4-6-21-7-5-18/h2-3,8-10H,4-7H2,1H3,(H,17,19). The molecule has 6 nitrogen and oxygen atoms in total. The minimum atomic E-state index is -0.158. The summed E-state index contributed by atoms with van der Waals surface area (Å²) in [6, 6.07) is 7.41. The van der Waals surface area contributed by atoms with Gasteiger partial charge >= 0.3 is 0 Å². The van der Waals surface area contributed by atoms with E-state index in [-0.39, 0.29) is 5.91 Å². The number of carbonyl (C=O) groups is 1. The molecule has 2 aromatic rings. The number of fused-ring (bicyclic) bond motifs is 1. The number of hydrazine groups is 1. The molecule has 1 aromatic heterocycles. The Morgan fingerprint density at radius 1 is 1.33 bits per heavy atom. The number of amides is 1. The fourth-order valence-corrected chi connectivity index (χ4v) is 2.24. The lowest BCUT2D eigenvalue weighted by atomic mass is 10.1. The van der Waals surface area contributed by atoms with Crippen molar-refractivity contribution in [2.24, 2.45) is 0 Å². The van der Waals surface area contributed by atoms with Crippen LogP contribution < -0.4 is 10.2 Å². The van der Waals surface area contributed by atoms with Crippen molar-refractivity contribution in [1.82, 2.24) is 15.4 Å². The molecule has 3 rings (SSSR count). The van der Waals surface area contributed by atoms with Gasteiger partial charge in [0.1, 0.15) is 5.75 Å². The van der Waals surface area contributed by atoms with E-state index in [1.807, 2.05) is 29.3 Å². The van der Waals surface area contributed by atoms with Crippen molar-refractivity contribution in [3.8, 4) is 5.75 Å². The molecule has 0 aliphatic carbocycles. The Bertz CT molecular complexity index is 654. The summed E-state index contributed by atoms with van der Waals surface area (Å²) < 4.78 is 10.4. The first-order valence-electron chi connectivity index (χ1n) is 6.84. The molecule has 0 unspecified atom stereocenters. The number of hydrogen-bond donors (Lipinski definition) is 1. The van der Waals surface area contributed by atoms with E-state index in [1.165, 1.54) is 0 Å². The molecule has 1 aliphatic heterocycles. The largest absolute Gasteiger partial charge is 0.497 e. The van der Waals surface area contributed by atoms with E-state index in [0.717, 1.165) is 16.7 Å². The lowest BCUT2D eigenvalue weighted by Crippen LogP contribution is -2.48. The van der Waals surface area contributed by atoms with Crippen LogP contribution in [0.4, 0.5) is 0 Å². The Balaban J connectivity index is 1.80. The third-order valence-electron chi connectivity index (χ3n) is 3.42. The van der Waals surface area contributed by atoms with Crippen LogP contribution in [-0.4, -0.2) is 49.3 Å². The SMILES string of the molecule is COc1ccc2ncc(C(=O)NN3CCOCC3)cc2c1. The van der Waals surface area contributed by atoms with Crippen molar-refractivity contribution in [3.63, 3.8) is 0 Å². The maximum Gasteiger partial charge on any atom is 0.267 e. The van der Waals surface area contributed by atoms with Crippen molar-refractivity contribution in [2.75, 3.05) is 33.4 Å². The van der Waals surface area contributed by atoms with Crippen LogP contribution in [0, 0.1) is 0 Å². The minimum Gasteiger partial charge on any atom is -0.497 e. The summed E-state index contributed by atoms with van der Waals surface area (Å²) in [5, 5.41) is 2.74. The van der Waals surface area contributed by atoms with Crippen LogP contribution in [0.15, 0.2) is 30.5 Å². The zero-order valence-corrected chi connectivity index (χ0v) is 11.8. The fraction of sp³-hybridized carbons (Fsp3) is 0.333. The lowest BCUT2D eigenvalue weighted by molar-refractivity contribution is 0.0126. The molecule has 0 radical (unpaired) electrons. The third kappa shape index (κ3) is 3.12. The van der Waals surface area contributed by atoms with Gasteiger partial charge in [-0.05, 0) is 24.3 Å². The number of carbonyl (C=O) groups excluding carboxylic acids is 1. The smallest absolute Gasteiger partial charge is 0.267 e. The molecule has 110 valence electrons. The molecule has 0 saturated carbocycles. The van der Waals surface area contributed by atoms with Crippen molar-refractivity contribution >= 4 is 16.8 Å². The fourth-order valence-electron chi connectivity index (χ4n) is 2.24. The molecule has 0 spiro atoms. The molecule has 1 N–H and O–H groups in total. The molecule has 1 aliphatic rings. The number of pyridine rings is 1. The number of nitrogens with one attached hydrogen (secondary N) is 1. The Morgan fingerprint density at radius 2 is 2.14 bits per heavy atom. The normalized spacial score (nSPS) is 15.9. The summed E-state index contributed by atoms with van der Waals surface area (Å²) in [7, 11) is 1.61. The average molecular weight is 287 g/mol. The Morgan fingerprint density at radius 3 is 2.90 bits per heavy atom. The first-order valence-corrected chi connectivity index (χ1v) is 6.84. The topological polar surface area (TPSA) is 63.7 Å². The van der Waals surface area contributed by atoms with Crippen molar-refractivity contribution < 1.29 is 14.3 Å². The lowest BCUT2D eigenvalue weighted by Gasteiger charge is -2.26. The number of ether oxygens (including phenoxy) is 2. The summed E-state index contributed by atoms with van der Waals surface area (Å²) >= 11 is 0. The second-order valence-corrected chi connectivity index (χ2v) is 4.82. The van der Waals surface area contributed by atoms with E-state index in [9.17, 15) is 4.79 Å². The predicted octanol–water partition coefficient (Wildman–Crippen LogP) is 1.22. The molecule has 2 heterocycles. The zero-order valence-electron chi connectivity index (χ0n) is 11.8. The second kappa shape index (κ2) is 6.07. The summed E-state index contributed by atoms with van der Waals surface area (Å²) in [6.07, 6.45) is 1.59. The van der Waals surface area contributed by atoms with Crippen molar-refractivity contribution in [1.29, 1.82) is 0 Å².